The maximum atomic E-state index is 4.37. The average Bonchev–Trinajstić information content (AvgIpc) is 3.31. The van der Waals surface area contributed by atoms with Gasteiger partial charge in [0.25, 0.3) is 0 Å². The van der Waals surface area contributed by atoms with Gasteiger partial charge in [-0.05, 0) is 55.7 Å². The second-order valence-corrected chi connectivity index (χ2v) is 21.5. The molecule has 1 radical (unpaired) electrons. The molecule has 0 spiro atoms. The van der Waals surface area contributed by atoms with Crippen molar-refractivity contribution >= 4 is 0 Å². The Morgan fingerprint density at radius 1 is 0.234 bits per heavy atom. The van der Waals surface area contributed by atoms with Crippen molar-refractivity contribution in [2.24, 2.45) is 0 Å². The number of rotatable bonds is 55. The van der Waals surface area contributed by atoms with E-state index in [2.05, 4.69) is 39.0 Å². The van der Waals surface area contributed by atoms with Crippen molar-refractivity contribution in [2.45, 2.75) is 367 Å². The van der Waals surface area contributed by atoms with Gasteiger partial charge in [-0.2, -0.15) is 0 Å². The summed E-state index contributed by atoms with van der Waals surface area (Å²) < 4.78 is 0. The topological polar surface area (TPSA) is 0 Å². The first-order valence-electron chi connectivity index (χ1n) is 30.7. The lowest BCUT2D eigenvalue weighted by Gasteiger charge is -2.14. The fourth-order valence-electron chi connectivity index (χ4n) is 10.7. The molecule has 377 valence electrons. The van der Waals surface area contributed by atoms with Crippen LogP contribution in [-0.2, 0) is 19.3 Å². The van der Waals surface area contributed by atoms with Crippen LogP contribution >= 0.6 is 0 Å². The zero-order valence-corrected chi connectivity index (χ0v) is 44.8. The van der Waals surface area contributed by atoms with Crippen molar-refractivity contribution in [1.29, 1.82) is 0 Å². The Bertz CT molecular complexity index is 916. The molecule has 0 saturated heterocycles. The van der Waals surface area contributed by atoms with E-state index in [1.807, 2.05) is 0 Å². The summed E-state index contributed by atoms with van der Waals surface area (Å²) in [6.45, 7) is 8.99. The molecule has 0 heteroatoms. The largest absolute Gasteiger partial charge is 0.0654 e. The van der Waals surface area contributed by atoms with Crippen molar-refractivity contribution in [3.63, 3.8) is 0 Å². The second kappa shape index (κ2) is 53.2. The molecule has 0 aliphatic heterocycles. The van der Waals surface area contributed by atoms with Gasteiger partial charge in [-0.1, -0.05) is 353 Å². The molecule has 1 aromatic carbocycles. The number of unbranched alkanes of at least 4 members (excludes halogenated alkanes) is 50. The Labute approximate surface area is 407 Å². The molecular formula is C64H121. The lowest BCUT2D eigenvalue weighted by molar-refractivity contribution is 0.515. The lowest BCUT2D eigenvalue weighted by atomic mass is 9.92. The molecule has 1 rings (SSSR count). The number of hydrogen-bond donors (Lipinski definition) is 0. The van der Waals surface area contributed by atoms with Crippen LogP contribution in [0.25, 0.3) is 0 Å². The minimum absolute atomic E-state index is 0.963. The third-order valence-electron chi connectivity index (χ3n) is 15.2. The van der Waals surface area contributed by atoms with Crippen molar-refractivity contribution in [3.05, 3.63) is 41.8 Å². The number of benzene rings is 1. The van der Waals surface area contributed by atoms with Crippen LogP contribution in [0, 0.1) is 6.92 Å². The third-order valence-corrected chi connectivity index (χ3v) is 15.2. The van der Waals surface area contributed by atoms with Gasteiger partial charge < -0.3 is 0 Å². The molecule has 0 unspecified atom stereocenters. The molecule has 0 amide bonds. The fourth-order valence-corrected chi connectivity index (χ4v) is 10.7. The van der Waals surface area contributed by atoms with Crippen molar-refractivity contribution in [2.75, 3.05) is 0 Å². The van der Waals surface area contributed by atoms with Crippen LogP contribution in [0.1, 0.15) is 364 Å². The van der Waals surface area contributed by atoms with E-state index >= 15 is 0 Å². The quantitative estimate of drug-likeness (QED) is 0.0572. The Morgan fingerprint density at radius 3 is 0.547 bits per heavy atom. The van der Waals surface area contributed by atoms with E-state index in [-0.39, 0.29) is 0 Å². The second-order valence-electron chi connectivity index (χ2n) is 21.5. The summed E-state index contributed by atoms with van der Waals surface area (Å²) in [5.74, 6) is 0. The summed E-state index contributed by atoms with van der Waals surface area (Å²) in [4.78, 5) is 0. The van der Waals surface area contributed by atoms with Gasteiger partial charge in [-0.25, -0.2) is 0 Å². The normalized spacial score (nSPS) is 11.7. The summed E-state index contributed by atoms with van der Waals surface area (Å²) >= 11 is 0. The SMILES string of the molecule is [CH2]Cc1c(CCCCCCCCCCCCCCCCCCCCCCCCCCCC)cccc1CCCCCCCCCCCCCCCCCCCCCCCCCCCC. The molecule has 1 aromatic rings. The van der Waals surface area contributed by atoms with Gasteiger partial charge in [-0.3, -0.25) is 0 Å². The van der Waals surface area contributed by atoms with Crippen LogP contribution in [0.4, 0.5) is 0 Å². The van der Waals surface area contributed by atoms with Crippen LogP contribution in [0.15, 0.2) is 18.2 Å². The predicted octanol–water partition coefficient (Wildman–Crippen LogP) is 23.5. The zero-order chi connectivity index (χ0) is 45.7. The van der Waals surface area contributed by atoms with E-state index in [0.29, 0.717) is 0 Å². The number of hydrogen-bond acceptors (Lipinski definition) is 0. The molecule has 0 N–H and O–H groups in total. The minimum Gasteiger partial charge on any atom is -0.0654 e. The maximum absolute atomic E-state index is 4.37. The molecule has 0 nitrogen and oxygen atoms in total. The summed E-state index contributed by atoms with van der Waals surface area (Å²) in [5, 5.41) is 0. The Morgan fingerprint density at radius 2 is 0.391 bits per heavy atom. The minimum atomic E-state index is 0.963. The van der Waals surface area contributed by atoms with Crippen LogP contribution in [0.2, 0.25) is 0 Å². The van der Waals surface area contributed by atoms with Gasteiger partial charge in [0.15, 0.2) is 0 Å². The molecule has 0 aliphatic rings. The molecule has 0 fully saturated rings. The predicted molar refractivity (Wildman–Crippen MR) is 294 cm³/mol. The highest BCUT2D eigenvalue weighted by Gasteiger charge is 2.07. The molecular weight excluding hydrogens is 769 g/mol. The molecule has 0 atom stereocenters. The van der Waals surface area contributed by atoms with Gasteiger partial charge in [0, 0.05) is 0 Å². The maximum Gasteiger partial charge on any atom is -0.0273 e. The van der Waals surface area contributed by atoms with E-state index in [0.717, 1.165) is 6.42 Å². The third kappa shape index (κ3) is 43.8. The summed E-state index contributed by atoms with van der Waals surface area (Å²) in [5.41, 5.74) is 4.79. The van der Waals surface area contributed by atoms with Gasteiger partial charge in [0.05, 0.1) is 0 Å². The van der Waals surface area contributed by atoms with Crippen molar-refractivity contribution in [3.8, 4) is 0 Å². The molecule has 0 heterocycles. The van der Waals surface area contributed by atoms with E-state index in [9.17, 15) is 0 Å². The number of aryl methyl sites for hydroxylation is 2. The Kier molecular flexibility index (Phi) is 50.9. The van der Waals surface area contributed by atoms with Crippen LogP contribution in [0.5, 0.6) is 0 Å². The van der Waals surface area contributed by atoms with Gasteiger partial charge >= 0.3 is 0 Å². The van der Waals surface area contributed by atoms with E-state index < -0.39 is 0 Å². The molecule has 0 aliphatic carbocycles. The lowest BCUT2D eigenvalue weighted by Crippen LogP contribution is -2.00. The van der Waals surface area contributed by atoms with Gasteiger partial charge in [0.2, 0.25) is 0 Å². The molecule has 0 bridgehead atoms. The van der Waals surface area contributed by atoms with E-state index in [1.54, 1.807) is 16.7 Å². The first kappa shape index (κ1) is 61.2. The van der Waals surface area contributed by atoms with Crippen molar-refractivity contribution < 1.29 is 0 Å². The molecule has 64 heavy (non-hydrogen) atoms. The summed E-state index contributed by atoms with van der Waals surface area (Å²) in [6, 6.07) is 7.15. The first-order valence-corrected chi connectivity index (χ1v) is 30.7. The van der Waals surface area contributed by atoms with Crippen molar-refractivity contribution in [1.82, 2.24) is 0 Å². The van der Waals surface area contributed by atoms with Crippen LogP contribution in [-0.4, -0.2) is 0 Å². The van der Waals surface area contributed by atoms with Crippen LogP contribution < -0.4 is 0 Å². The molecule has 0 saturated carbocycles. The highest BCUT2D eigenvalue weighted by atomic mass is 14.1. The Balaban J connectivity index is 1.84. The summed E-state index contributed by atoms with van der Waals surface area (Å²) in [7, 11) is 0. The van der Waals surface area contributed by atoms with Gasteiger partial charge in [0.1, 0.15) is 0 Å². The summed E-state index contributed by atoms with van der Waals surface area (Å²) in [6.07, 6.45) is 79.6. The first-order chi connectivity index (χ1) is 31.8. The highest BCUT2D eigenvalue weighted by Crippen LogP contribution is 2.23. The average molecular weight is 891 g/mol. The van der Waals surface area contributed by atoms with Crippen LogP contribution in [0.3, 0.4) is 0 Å². The monoisotopic (exact) mass is 890 g/mol. The van der Waals surface area contributed by atoms with Gasteiger partial charge in [-0.15, -0.1) is 0 Å². The highest BCUT2D eigenvalue weighted by molar-refractivity contribution is 5.36. The van der Waals surface area contributed by atoms with E-state index in [4.69, 9.17) is 0 Å². The molecule has 0 aromatic heterocycles. The van der Waals surface area contributed by atoms with E-state index in [1.165, 1.54) is 347 Å². The Hall–Kier alpha value is -0.780. The zero-order valence-electron chi connectivity index (χ0n) is 44.8. The fraction of sp³-hybridized carbons (Fsp3) is 0.891. The smallest absolute Gasteiger partial charge is 0.0273 e. The standard InChI is InChI=1S/C64H121/c1-4-7-9-11-13-15-17-19-21-23-25-27-29-31-33-35-37-39-41-43-45-47-49-51-53-55-58-62-60-57-61-63(64(62)6-3)59-56-54-52-50-48-46-44-42-40-38-36-34-32-30-28-26-24-22-20-18-16-14-12-10-8-5-2/h57,60-61H,3-56,58-59H2,1-2H3.